The van der Waals surface area contributed by atoms with Gasteiger partial charge in [0.1, 0.15) is 18.3 Å². The highest BCUT2D eigenvalue weighted by atomic mass is 16.5. The molecule has 202 valence electrons. The van der Waals surface area contributed by atoms with Crippen molar-refractivity contribution in [1.29, 1.82) is 0 Å². The van der Waals surface area contributed by atoms with Gasteiger partial charge in [0.2, 0.25) is 11.7 Å². The van der Waals surface area contributed by atoms with Gasteiger partial charge in [-0.25, -0.2) is 0 Å². The van der Waals surface area contributed by atoms with Gasteiger partial charge in [-0.2, -0.15) is 4.80 Å². The first-order valence-electron chi connectivity index (χ1n) is 12.8. The Morgan fingerprint density at radius 1 is 1.00 bits per heavy atom. The number of tetrazole rings is 1. The molecule has 2 amide bonds. The molecule has 2 aromatic heterocycles. The minimum Gasteiger partial charge on any atom is -0.497 e. The lowest BCUT2D eigenvalue weighted by molar-refractivity contribution is -0.127. The second-order valence-electron chi connectivity index (χ2n) is 9.63. The van der Waals surface area contributed by atoms with Crippen molar-refractivity contribution in [3.8, 4) is 17.1 Å². The van der Waals surface area contributed by atoms with Crippen LogP contribution in [0.4, 0.5) is 5.69 Å². The molecule has 39 heavy (non-hydrogen) atoms. The minimum absolute atomic E-state index is 0.217. The molecule has 1 unspecified atom stereocenters. The van der Waals surface area contributed by atoms with E-state index in [1.807, 2.05) is 31.2 Å². The summed E-state index contributed by atoms with van der Waals surface area (Å²) < 4.78 is 5.30. The van der Waals surface area contributed by atoms with Crippen molar-refractivity contribution >= 4 is 17.5 Å². The van der Waals surface area contributed by atoms with E-state index in [4.69, 9.17) is 4.74 Å². The average Bonchev–Trinajstić information content (AvgIpc) is 3.40. The first-order valence-corrected chi connectivity index (χ1v) is 12.8. The quantitative estimate of drug-likeness (QED) is 0.314. The Morgan fingerprint density at radius 2 is 1.69 bits per heavy atom. The number of benzene rings is 2. The molecular formula is C29H33N7O3. The lowest BCUT2D eigenvalue weighted by atomic mass is 10.0. The number of amides is 2. The third kappa shape index (κ3) is 7.04. The number of ether oxygens (including phenoxy) is 1. The largest absolute Gasteiger partial charge is 0.497 e. The molecule has 0 saturated carbocycles. The Kier molecular flexibility index (Phi) is 8.98. The molecule has 4 rings (SSSR count). The standard InChI is InChI=1S/C29H33N7O3/c1-20(2)13-18-31-29(38)27(22-14-16-30-17-15-22)36(24-9-11-25(39-4)12-10-24)26(37)19-35-33-28(32-34-35)23-7-5-21(3)6-8-23/h5-12,14-17,20,27H,13,18-19H2,1-4H3,(H,31,38). The number of hydrogen-bond donors (Lipinski definition) is 1. The van der Waals surface area contributed by atoms with Crippen LogP contribution in [-0.4, -0.2) is 50.7 Å². The summed E-state index contributed by atoms with van der Waals surface area (Å²) >= 11 is 0. The van der Waals surface area contributed by atoms with Gasteiger partial charge < -0.3 is 10.1 Å². The molecule has 0 fully saturated rings. The molecule has 2 aromatic carbocycles. The van der Waals surface area contributed by atoms with Gasteiger partial charge in [-0.3, -0.25) is 19.5 Å². The van der Waals surface area contributed by atoms with Gasteiger partial charge in [0.25, 0.3) is 5.91 Å². The number of aromatic nitrogens is 5. The Labute approximate surface area is 228 Å². The summed E-state index contributed by atoms with van der Waals surface area (Å²) in [6.45, 7) is 6.46. The van der Waals surface area contributed by atoms with Crippen LogP contribution in [0, 0.1) is 12.8 Å². The number of anilines is 1. The number of rotatable bonds is 11. The van der Waals surface area contributed by atoms with Crippen molar-refractivity contribution in [2.24, 2.45) is 5.92 Å². The SMILES string of the molecule is COc1ccc(N(C(=O)Cn2nnc(-c3ccc(C)cc3)n2)C(C(=O)NCCC(C)C)c2ccncc2)cc1. The summed E-state index contributed by atoms with van der Waals surface area (Å²) in [6.07, 6.45) is 4.02. The number of nitrogens with zero attached hydrogens (tertiary/aromatic N) is 6. The van der Waals surface area contributed by atoms with Crippen LogP contribution < -0.4 is 15.0 Å². The Balaban J connectivity index is 1.68. The van der Waals surface area contributed by atoms with E-state index in [1.54, 1.807) is 55.9 Å². The second-order valence-corrected chi connectivity index (χ2v) is 9.63. The van der Waals surface area contributed by atoms with Crippen LogP contribution in [0.15, 0.2) is 73.1 Å². The van der Waals surface area contributed by atoms with Gasteiger partial charge in [-0.15, -0.1) is 10.2 Å². The smallest absolute Gasteiger partial charge is 0.251 e. The molecule has 0 saturated heterocycles. The monoisotopic (exact) mass is 527 g/mol. The van der Waals surface area contributed by atoms with Crippen LogP contribution >= 0.6 is 0 Å². The zero-order valence-corrected chi connectivity index (χ0v) is 22.6. The maximum absolute atomic E-state index is 13.9. The van der Waals surface area contributed by atoms with Crippen molar-refractivity contribution in [2.45, 2.75) is 39.8 Å². The molecule has 1 atom stereocenters. The van der Waals surface area contributed by atoms with E-state index >= 15 is 0 Å². The lowest BCUT2D eigenvalue weighted by Crippen LogP contribution is -2.45. The van der Waals surface area contributed by atoms with Crippen LogP contribution in [0.25, 0.3) is 11.4 Å². The molecule has 0 aliphatic rings. The van der Waals surface area contributed by atoms with E-state index in [1.165, 1.54) is 9.70 Å². The number of methoxy groups -OCH3 is 1. The van der Waals surface area contributed by atoms with Crippen LogP contribution in [0.1, 0.15) is 37.4 Å². The maximum atomic E-state index is 13.9. The van der Waals surface area contributed by atoms with Gasteiger partial charge >= 0.3 is 0 Å². The molecule has 0 radical (unpaired) electrons. The molecule has 2 heterocycles. The van der Waals surface area contributed by atoms with Crippen molar-refractivity contribution < 1.29 is 14.3 Å². The van der Waals surface area contributed by atoms with Crippen molar-refractivity contribution in [3.05, 3.63) is 84.2 Å². The molecule has 4 aromatic rings. The maximum Gasteiger partial charge on any atom is 0.251 e. The molecule has 10 nitrogen and oxygen atoms in total. The van der Waals surface area contributed by atoms with E-state index in [0.29, 0.717) is 35.3 Å². The molecular weight excluding hydrogens is 494 g/mol. The van der Waals surface area contributed by atoms with E-state index in [0.717, 1.165) is 17.5 Å². The Bertz CT molecular complexity index is 1370. The predicted octanol–water partition coefficient (Wildman–Crippen LogP) is 3.99. The number of pyridine rings is 1. The summed E-state index contributed by atoms with van der Waals surface area (Å²) in [5.74, 6) is 0.793. The molecule has 0 aliphatic carbocycles. The van der Waals surface area contributed by atoms with Crippen LogP contribution in [-0.2, 0) is 16.1 Å². The highest BCUT2D eigenvalue weighted by Gasteiger charge is 2.33. The van der Waals surface area contributed by atoms with Crippen LogP contribution in [0.2, 0.25) is 0 Å². The van der Waals surface area contributed by atoms with E-state index in [9.17, 15) is 9.59 Å². The van der Waals surface area contributed by atoms with Gasteiger partial charge in [0.05, 0.1) is 7.11 Å². The zero-order chi connectivity index (χ0) is 27.8. The highest BCUT2D eigenvalue weighted by molar-refractivity contribution is 6.01. The zero-order valence-electron chi connectivity index (χ0n) is 22.6. The number of aryl methyl sites for hydroxylation is 1. The van der Waals surface area contributed by atoms with E-state index < -0.39 is 6.04 Å². The summed E-state index contributed by atoms with van der Waals surface area (Å²) in [7, 11) is 1.57. The fourth-order valence-electron chi connectivity index (χ4n) is 4.05. The molecule has 0 spiro atoms. The molecule has 10 heteroatoms. The fourth-order valence-corrected chi connectivity index (χ4v) is 4.05. The highest BCUT2D eigenvalue weighted by Crippen LogP contribution is 2.30. The Morgan fingerprint density at radius 3 is 2.33 bits per heavy atom. The summed E-state index contributed by atoms with van der Waals surface area (Å²) in [5.41, 5.74) is 3.07. The molecule has 1 N–H and O–H groups in total. The fraction of sp³-hybridized carbons (Fsp3) is 0.310. The second kappa shape index (κ2) is 12.8. The number of hydrogen-bond acceptors (Lipinski definition) is 7. The molecule has 0 aliphatic heterocycles. The van der Waals surface area contributed by atoms with Crippen molar-refractivity contribution in [3.63, 3.8) is 0 Å². The first kappa shape index (κ1) is 27.4. The van der Waals surface area contributed by atoms with Crippen molar-refractivity contribution in [2.75, 3.05) is 18.6 Å². The van der Waals surface area contributed by atoms with Crippen LogP contribution in [0.5, 0.6) is 5.75 Å². The van der Waals surface area contributed by atoms with Gasteiger partial charge in [-0.1, -0.05) is 43.7 Å². The first-order chi connectivity index (χ1) is 18.9. The number of carbonyl (C=O) groups excluding carboxylic acids is 2. The van der Waals surface area contributed by atoms with Gasteiger partial charge in [0, 0.05) is 30.2 Å². The minimum atomic E-state index is -0.943. The molecule has 0 bridgehead atoms. The van der Waals surface area contributed by atoms with Gasteiger partial charge in [-0.05, 0) is 66.4 Å². The normalized spacial score (nSPS) is 11.7. The van der Waals surface area contributed by atoms with Gasteiger partial charge in [0.15, 0.2) is 0 Å². The average molecular weight is 528 g/mol. The third-order valence-electron chi connectivity index (χ3n) is 6.21. The topological polar surface area (TPSA) is 115 Å². The predicted molar refractivity (Wildman–Crippen MR) is 148 cm³/mol. The summed E-state index contributed by atoms with van der Waals surface area (Å²) in [5, 5.41) is 15.6. The summed E-state index contributed by atoms with van der Waals surface area (Å²) in [6, 6.07) is 17.3. The third-order valence-corrected chi connectivity index (χ3v) is 6.21. The lowest BCUT2D eigenvalue weighted by Gasteiger charge is -2.31. The number of nitrogens with one attached hydrogen (secondary N) is 1. The Hall–Kier alpha value is -4.60. The van der Waals surface area contributed by atoms with Crippen molar-refractivity contribution in [1.82, 2.24) is 30.5 Å². The van der Waals surface area contributed by atoms with E-state index in [2.05, 4.69) is 39.6 Å². The summed E-state index contributed by atoms with van der Waals surface area (Å²) in [4.78, 5) is 34.4. The number of carbonyl (C=O) groups is 2. The van der Waals surface area contributed by atoms with E-state index in [-0.39, 0.29) is 18.4 Å². The van der Waals surface area contributed by atoms with Crippen LogP contribution in [0.3, 0.4) is 0 Å².